The Morgan fingerprint density at radius 3 is 2.63 bits per heavy atom. The van der Waals surface area contributed by atoms with E-state index < -0.39 is 6.04 Å². The maximum Gasteiger partial charge on any atom is 0.241 e. The summed E-state index contributed by atoms with van der Waals surface area (Å²) in [5.74, 6) is -0.435. The third kappa shape index (κ3) is 5.84. The SMILES string of the molecule is CSc1ccccc1NC(=O)CN(C)[C@@H](C)C(=O)Nc1cccc(C#N)c1. The average Bonchev–Trinajstić information content (AvgIpc) is 2.67. The van der Waals surface area contributed by atoms with Crippen LogP contribution in [0.3, 0.4) is 0 Å². The van der Waals surface area contributed by atoms with Crippen LogP contribution in [0.15, 0.2) is 53.4 Å². The molecule has 0 fully saturated rings. The number of likely N-dealkylation sites (N-methyl/N-ethyl adjacent to an activating group) is 1. The van der Waals surface area contributed by atoms with Gasteiger partial charge in [0.1, 0.15) is 0 Å². The van der Waals surface area contributed by atoms with E-state index in [0.29, 0.717) is 11.3 Å². The van der Waals surface area contributed by atoms with Crippen LogP contribution in [0, 0.1) is 11.3 Å². The van der Waals surface area contributed by atoms with Crippen LogP contribution in [-0.4, -0.2) is 42.6 Å². The molecule has 6 nitrogen and oxygen atoms in total. The Bertz CT molecular complexity index is 863. The number of thioether (sulfide) groups is 1. The highest BCUT2D eigenvalue weighted by molar-refractivity contribution is 7.98. The first-order valence-electron chi connectivity index (χ1n) is 8.38. The van der Waals surface area contributed by atoms with Gasteiger partial charge in [0.25, 0.3) is 0 Å². The first kappa shape index (κ1) is 20.5. The van der Waals surface area contributed by atoms with Gasteiger partial charge in [-0.2, -0.15) is 5.26 Å². The van der Waals surface area contributed by atoms with E-state index in [2.05, 4.69) is 10.6 Å². The maximum absolute atomic E-state index is 12.4. The Hall–Kier alpha value is -2.82. The van der Waals surface area contributed by atoms with E-state index in [-0.39, 0.29) is 18.4 Å². The average molecular weight is 382 g/mol. The zero-order chi connectivity index (χ0) is 19.8. The summed E-state index contributed by atoms with van der Waals surface area (Å²) in [7, 11) is 1.72. The van der Waals surface area contributed by atoms with Crippen LogP contribution in [-0.2, 0) is 9.59 Å². The summed E-state index contributed by atoms with van der Waals surface area (Å²) in [5.41, 5.74) is 1.78. The molecule has 0 unspecified atom stereocenters. The number of amides is 2. The summed E-state index contributed by atoms with van der Waals surface area (Å²) >= 11 is 1.56. The number of para-hydroxylation sites is 1. The van der Waals surface area contributed by atoms with Gasteiger partial charge < -0.3 is 10.6 Å². The van der Waals surface area contributed by atoms with Crippen LogP contribution in [0.5, 0.6) is 0 Å². The Morgan fingerprint density at radius 2 is 1.93 bits per heavy atom. The fourth-order valence-electron chi connectivity index (χ4n) is 2.41. The van der Waals surface area contributed by atoms with Gasteiger partial charge in [-0.15, -0.1) is 11.8 Å². The van der Waals surface area contributed by atoms with Crippen molar-refractivity contribution < 1.29 is 9.59 Å². The molecule has 0 aliphatic heterocycles. The van der Waals surface area contributed by atoms with Crippen molar-refractivity contribution in [3.05, 3.63) is 54.1 Å². The highest BCUT2D eigenvalue weighted by Crippen LogP contribution is 2.24. The summed E-state index contributed by atoms with van der Waals surface area (Å²) in [4.78, 5) is 27.4. The first-order chi connectivity index (χ1) is 12.9. The molecule has 0 saturated carbocycles. The van der Waals surface area contributed by atoms with Gasteiger partial charge in [0.05, 0.1) is 29.9 Å². The van der Waals surface area contributed by atoms with Crippen LogP contribution in [0.25, 0.3) is 0 Å². The van der Waals surface area contributed by atoms with Crippen molar-refractivity contribution in [2.24, 2.45) is 0 Å². The molecule has 0 aliphatic rings. The number of nitrogens with one attached hydrogen (secondary N) is 2. The summed E-state index contributed by atoms with van der Waals surface area (Å²) < 4.78 is 0. The topological polar surface area (TPSA) is 85.2 Å². The van der Waals surface area contributed by atoms with Gasteiger partial charge >= 0.3 is 0 Å². The van der Waals surface area contributed by atoms with Crippen molar-refractivity contribution >= 4 is 35.0 Å². The molecule has 7 heteroatoms. The van der Waals surface area contributed by atoms with Crippen LogP contribution in [0.1, 0.15) is 12.5 Å². The first-order valence-corrected chi connectivity index (χ1v) is 9.61. The predicted molar refractivity (Wildman–Crippen MR) is 109 cm³/mol. The minimum Gasteiger partial charge on any atom is -0.325 e. The molecule has 0 saturated heterocycles. The van der Waals surface area contributed by atoms with Gasteiger partial charge in [-0.1, -0.05) is 18.2 Å². The Labute approximate surface area is 163 Å². The molecular weight excluding hydrogens is 360 g/mol. The number of hydrogen-bond acceptors (Lipinski definition) is 5. The van der Waals surface area contributed by atoms with E-state index in [1.165, 1.54) is 0 Å². The zero-order valence-electron chi connectivity index (χ0n) is 15.5. The molecule has 0 radical (unpaired) electrons. The highest BCUT2D eigenvalue weighted by atomic mass is 32.2. The number of rotatable bonds is 7. The summed E-state index contributed by atoms with van der Waals surface area (Å²) in [6, 6.07) is 15.8. The fraction of sp³-hybridized carbons (Fsp3) is 0.250. The molecule has 2 aromatic rings. The van der Waals surface area contributed by atoms with Crippen molar-refractivity contribution in [1.29, 1.82) is 5.26 Å². The van der Waals surface area contributed by atoms with Crippen molar-refractivity contribution in [2.75, 3.05) is 30.5 Å². The Kier molecular flexibility index (Phi) is 7.41. The molecular formula is C20H22N4O2S. The largest absolute Gasteiger partial charge is 0.325 e. The van der Waals surface area contributed by atoms with Crippen molar-refractivity contribution in [1.82, 2.24) is 4.90 Å². The normalized spacial score (nSPS) is 11.5. The quantitative estimate of drug-likeness (QED) is 0.719. The molecule has 2 amide bonds. The lowest BCUT2D eigenvalue weighted by molar-refractivity contribution is -0.122. The molecule has 0 bridgehead atoms. The molecule has 2 rings (SSSR count). The smallest absolute Gasteiger partial charge is 0.241 e. The predicted octanol–water partition coefficient (Wildman–Crippen LogP) is 3.18. The lowest BCUT2D eigenvalue weighted by Crippen LogP contribution is -2.43. The van der Waals surface area contributed by atoms with Crippen LogP contribution in [0.4, 0.5) is 11.4 Å². The monoisotopic (exact) mass is 382 g/mol. The van der Waals surface area contributed by atoms with Gasteiger partial charge in [-0.25, -0.2) is 0 Å². The van der Waals surface area contributed by atoms with E-state index in [4.69, 9.17) is 5.26 Å². The maximum atomic E-state index is 12.4. The van der Waals surface area contributed by atoms with Gasteiger partial charge in [0.2, 0.25) is 11.8 Å². The van der Waals surface area contributed by atoms with Gasteiger partial charge in [-0.05, 0) is 50.6 Å². The third-order valence-electron chi connectivity index (χ3n) is 4.07. The van der Waals surface area contributed by atoms with E-state index in [9.17, 15) is 9.59 Å². The van der Waals surface area contributed by atoms with E-state index >= 15 is 0 Å². The summed E-state index contributed by atoms with van der Waals surface area (Å²) in [5, 5.41) is 14.6. The lowest BCUT2D eigenvalue weighted by atomic mass is 10.2. The van der Waals surface area contributed by atoms with Gasteiger partial charge in [0, 0.05) is 10.6 Å². The van der Waals surface area contributed by atoms with Crippen LogP contribution < -0.4 is 10.6 Å². The summed E-state index contributed by atoms with van der Waals surface area (Å²) in [6.07, 6.45) is 1.95. The second-order valence-corrected chi connectivity index (χ2v) is 6.87. The highest BCUT2D eigenvalue weighted by Gasteiger charge is 2.20. The number of nitrogens with zero attached hydrogens (tertiary/aromatic N) is 2. The molecule has 27 heavy (non-hydrogen) atoms. The minimum atomic E-state index is -0.516. The van der Waals surface area contributed by atoms with Gasteiger partial charge in [0.15, 0.2) is 0 Å². The second kappa shape index (κ2) is 9.76. The number of nitriles is 1. The molecule has 0 heterocycles. The van der Waals surface area contributed by atoms with E-state index in [1.807, 2.05) is 36.6 Å². The summed E-state index contributed by atoms with van der Waals surface area (Å²) in [6.45, 7) is 1.81. The Balaban J connectivity index is 1.93. The number of carbonyl (C=O) groups is 2. The molecule has 0 aromatic heterocycles. The van der Waals surface area contributed by atoms with Crippen LogP contribution >= 0.6 is 11.8 Å². The lowest BCUT2D eigenvalue weighted by Gasteiger charge is -2.23. The molecule has 0 spiro atoms. The van der Waals surface area contributed by atoms with Crippen molar-refractivity contribution in [2.45, 2.75) is 17.9 Å². The third-order valence-corrected chi connectivity index (χ3v) is 4.87. The standard InChI is InChI=1S/C20H22N4O2S/c1-14(20(26)22-16-8-6-7-15(11-16)12-21)24(2)13-19(25)23-17-9-4-5-10-18(17)27-3/h4-11,14H,13H2,1-3H3,(H,22,26)(H,23,25)/t14-/m0/s1. The van der Waals surface area contributed by atoms with Gasteiger partial charge in [-0.3, -0.25) is 14.5 Å². The van der Waals surface area contributed by atoms with E-state index in [0.717, 1.165) is 10.6 Å². The minimum absolute atomic E-state index is 0.0789. The molecule has 2 aromatic carbocycles. The van der Waals surface area contributed by atoms with Crippen LogP contribution in [0.2, 0.25) is 0 Å². The second-order valence-electron chi connectivity index (χ2n) is 6.02. The molecule has 1 atom stereocenters. The number of carbonyl (C=O) groups excluding carboxylic acids is 2. The van der Waals surface area contributed by atoms with Crippen molar-refractivity contribution in [3.63, 3.8) is 0 Å². The Morgan fingerprint density at radius 1 is 1.19 bits per heavy atom. The molecule has 140 valence electrons. The van der Waals surface area contributed by atoms with Crippen molar-refractivity contribution in [3.8, 4) is 6.07 Å². The zero-order valence-corrected chi connectivity index (χ0v) is 16.3. The molecule has 2 N–H and O–H groups in total. The fourth-order valence-corrected chi connectivity index (χ4v) is 2.97. The number of benzene rings is 2. The van der Waals surface area contributed by atoms with E-state index in [1.54, 1.807) is 54.9 Å². The molecule has 0 aliphatic carbocycles. The number of hydrogen-bond donors (Lipinski definition) is 2. The number of anilines is 2.